The molecule has 0 unspecified atom stereocenters. The van der Waals surface area contributed by atoms with Crippen LogP contribution < -0.4 is 9.62 Å². The van der Waals surface area contributed by atoms with E-state index >= 15 is 0 Å². The van der Waals surface area contributed by atoms with Crippen LogP contribution in [0.1, 0.15) is 60.8 Å². The molecule has 3 aromatic carbocycles. The Morgan fingerprint density at radius 1 is 0.953 bits per heavy atom. The molecule has 3 aromatic rings. The van der Waals surface area contributed by atoms with Gasteiger partial charge in [-0.25, -0.2) is 8.42 Å². The summed E-state index contributed by atoms with van der Waals surface area (Å²) in [7, 11) is -3.58. The number of sulfonamides is 1. The Kier molecular flexibility index (Phi) is 11.3. The van der Waals surface area contributed by atoms with Crippen molar-refractivity contribution < 1.29 is 18.0 Å². The van der Waals surface area contributed by atoms with Crippen LogP contribution in [-0.2, 0) is 32.6 Å². The van der Waals surface area contributed by atoms with Crippen LogP contribution >= 0.6 is 11.6 Å². The zero-order chi connectivity index (χ0) is 31.0. The Balaban J connectivity index is 1.59. The van der Waals surface area contributed by atoms with Gasteiger partial charge in [0.05, 0.1) is 11.9 Å². The molecule has 4 rings (SSSR count). The van der Waals surface area contributed by atoms with Crippen LogP contribution in [-0.4, -0.2) is 50.0 Å². The maximum atomic E-state index is 14.0. The van der Waals surface area contributed by atoms with Gasteiger partial charge in [0.15, 0.2) is 0 Å². The van der Waals surface area contributed by atoms with Gasteiger partial charge in [-0.05, 0) is 73.6 Å². The molecule has 1 saturated carbocycles. The maximum absolute atomic E-state index is 14.0. The lowest BCUT2D eigenvalue weighted by Crippen LogP contribution is -2.52. The fourth-order valence-corrected chi connectivity index (χ4v) is 6.82. The number of halogens is 1. The van der Waals surface area contributed by atoms with Gasteiger partial charge in [-0.3, -0.25) is 13.9 Å². The van der Waals surface area contributed by atoms with E-state index < -0.39 is 16.1 Å². The van der Waals surface area contributed by atoms with Crippen LogP contribution in [0.25, 0.3) is 0 Å². The third-order valence-corrected chi connectivity index (χ3v) is 9.46. The van der Waals surface area contributed by atoms with Crippen molar-refractivity contribution in [3.8, 4) is 0 Å². The molecule has 1 aliphatic rings. The number of carbonyl (C=O) groups is 2. The van der Waals surface area contributed by atoms with Crippen molar-refractivity contribution in [2.45, 2.75) is 77.4 Å². The first-order chi connectivity index (χ1) is 20.5. The predicted molar refractivity (Wildman–Crippen MR) is 174 cm³/mol. The number of nitrogens with zero attached hydrogens (tertiary/aromatic N) is 2. The van der Waals surface area contributed by atoms with Crippen LogP contribution in [0.3, 0.4) is 0 Å². The average molecular weight is 624 g/mol. The molecule has 43 heavy (non-hydrogen) atoms. The normalized spacial score (nSPS) is 14.3. The summed E-state index contributed by atoms with van der Waals surface area (Å²) in [6, 6.07) is 22.1. The Labute approximate surface area is 261 Å². The zero-order valence-corrected chi connectivity index (χ0v) is 26.8. The quantitative estimate of drug-likeness (QED) is 0.246. The first kappa shape index (κ1) is 32.6. The highest BCUT2D eigenvalue weighted by atomic mass is 35.5. The van der Waals surface area contributed by atoms with Gasteiger partial charge < -0.3 is 10.2 Å². The fraction of sp³-hybridized carbons (Fsp3) is 0.412. The summed E-state index contributed by atoms with van der Waals surface area (Å²) in [4.78, 5) is 29.5. The van der Waals surface area contributed by atoms with Gasteiger partial charge in [0.2, 0.25) is 21.8 Å². The minimum Gasteiger partial charge on any atom is -0.352 e. The molecule has 0 bridgehead atoms. The van der Waals surface area contributed by atoms with Crippen LogP contribution in [0.4, 0.5) is 5.69 Å². The molecule has 1 aliphatic carbocycles. The van der Waals surface area contributed by atoms with E-state index in [0.29, 0.717) is 23.6 Å². The second kappa shape index (κ2) is 14.9. The maximum Gasteiger partial charge on any atom is 0.243 e. The van der Waals surface area contributed by atoms with Gasteiger partial charge in [-0.1, -0.05) is 79.0 Å². The van der Waals surface area contributed by atoms with E-state index in [1.165, 1.54) is 10.6 Å². The highest BCUT2D eigenvalue weighted by Gasteiger charge is 2.32. The van der Waals surface area contributed by atoms with E-state index in [9.17, 15) is 18.0 Å². The Bertz CT molecular complexity index is 1490. The second-order valence-electron chi connectivity index (χ2n) is 11.6. The van der Waals surface area contributed by atoms with Crippen molar-refractivity contribution >= 4 is 39.1 Å². The minimum absolute atomic E-state index is 0.0898. The molecule has 9 heteroatoms. The monoisotopic (exact) mass is 623 g/mol. The predicted octanol–water partition coefficient (Wildman–Crippen LogP) is 6.20. The number of anilines is 1. The Morgan fingerprint density at radius 2 is 1.63 bits per heavy atom. The fourth-order valence-electron chi connectivity index (χ4n) is 5.68. The molecule has 0 aromatic heterocycles. The summed E-state index contributed by atoms with van der Waals surface area (Å²) in [6.45, 7) is 4.19. The molecule has 7 nitrogen and oxygen atoms in total. The smallest absolute Gasteiger partial charge is 0.243 e. The summed E-state index contributed by atoms with van der Waals surface area (Å²) >= 11 is 6.13. The standard InChI is InChI=1S/C34H42ClN3O4S/c1-25-15-16-26(2)31(22-25)38(43(3,41)42)21-9-14-33(39)37(24-28-17-19-29(35)20-18-28)32(23-27-10-5-4-6-11-27)34(40)36-30-12-7-8-13-30/h4-6,10-11,15-20,22,30,32H,7-9,12-14,21,23-24H2,1-3H3,(H,36,40)/t32-/m1/s1. The lowest BCUT2D eigenvalue weighted by atomic mass is 10.0. The van der Waals surface area contributed by atoms with Crippen molar-refractivity contribution in [1.29, 1.82) is 0 Å². The molecule has 1 atom stereocenters. The summed E-state index contributed by atoms with van der Waals surface area (Å²) in [5.41, 5.74) is 4.24. The second-order valence-corrected chi connectivity index (χ2v) is 13.9. The SMILES string of the molecule is Cc1ccc(C)c(N(CCCC(=O)N(Cc2ccc(Cl)cc2)[C@H](Cc2ccccc2)C(=O)NC2CCCC2)S(C)(=O)=O)c1. The van der Waals surface area contributed by atoms with E-state index in [0.717, 1.165) is 47.9 Å². The summed E-state index contributed by atoms with van der Waals surface area (Å²) in [5, 5.41) is 3.81. The Hall–Kier alpha value is -3.36. The molecule has 0 radical (unpaired) electrons. The van der Waals surface area contributed by atoms with E-state index in [4.69, 9.17) is 11.6 Å². The van der Waals surface area contributed by atoms with Crippen LogP contribution in [0.2, 0.25) is 5.02 Å². The van der Waals surface area contributed by atoms with Gasteiger partial charge in [-0.2, -0.15) is 0 Å². The summed E-state index contributed by atoms with van der Waals surface area (Å²) < 4.78 is 27.0. The highest BCUT2D eigenvalue weighted by Crippen LogP contribution is 2.25. The van der Waals surface area contributed by atoms with Crippen molar-refractivity contribution in [2.24, 2.45) is 0 Å². The number of carbonyl (C=O) groups excluding carboxylic acids is 2. The molecule has 230 valence electrons. The van der Waals surface area contributed by atoms with Gasteiger partial charge in [0.25, 0.3) is 0 Å². The topological polar surface area (TPSA) is 86.8 Å². The van der Waals surface area contributed by atoms with Crippen molar-refractivity contribution in [1.82, 2.24) is 10.2 Å². The number of aryl methyl sites for hydroxylation is 2. The third kappa shape index (κ3) is 9.31. The molecule has 0 spiro atoms. The molecular weight excluding hydrogens is 582 g/mol. The van der Waals surface area contributed by atoms with E-state index in [1.807, 2.05) is 74.5 Å². The molecule has 2 amide bonds. The first-order valence-electron chi connectivity index (χ1n) is 14.9. The van der Waals surface area contributed by atoms with Gasteiger partial charge in [0, 0.05) is 37.0 Å². The lowest BCUT2D eigenvalue weighted by Gasteiger charge is -2.33. The number of nitrogens with one attached hydrogen (secondary N) is 1. The number of benzene rings is 3. The molecule has 1 fully saturated rings. The molecular formula is C34H42ClN3O4S. The Morgan fingerprint density at radius 3 is 2.28 bits per heavy atom. The van der Waals surface area contributed by atoms with Crippen LogP contribution in [0, 0.1) is 13.8 Å². The van der Waals surface area contributed by atoms with E-state index in [1.54, 1.807) is 17.0 Å². The highest BCUT2D eigenvalue weighted by molar-refractivity contribution is 7.92. The number of hydrogen-bond donors (Lipinski definition) is 1. The minimum atomic E-state index is -3.58. The largest absolute Gasteiger partial charge is 0.352 e. The zero-order valence-electron chi connectivity index (χ0n) is 25.3. The van der Waals surface area contributed by atoms with E-state index in [2.05, 4.69) is 5.32 Å². The molecule has 1 N–H and O–H groups in total. The number of rotatable bonds is 13. The molecule has 0 heterocycles. The van der Waals surface area contributed by atoms with Gasteiger partial charge in [0.1, 0.15) is 6.04 Å². The van der Waals surface area contributed by atoms with Crippen LogP contribution in [0.5, 0.6) is 0 Å². The van der Waals surface area contributed by atoms with Gasteiger partial charge >= 0.3 is 0 Å². The van der Waals surface area contributed by atoms with Gasteiger partial charge in [-0.15, -0.1) is 0 Å². The van der Waals surface area contributed by atoms with Crippen LogP contribution in [0.15, 0.2) is 72.8 Å². The van der Waals surface area contributed by atoms with Crippen molar-refractivity contribution in [2.75, 3.05) is 17.1 Å². The average Bonchev–Trinajstić information content (AvgIpc) is 3.48. The lowest BCUT2D eigenvalue weighted by molar-refractivity contribution is -0.141. The number of amides is 2. The molecule has 0 saturated heterocycles. The summed E-state index contributed by atoms with van der Waals surface area (Å²) in [5.74, 6) is -0.363. The number of hydrogen-bond acceptors (Lipinski definition) is 4. The third-order valence-electron chi connectivity index (χ3n) is 8.02. The molecule has 0 aliphatic heterocycles. The summed E-state index contributed by atoms with van der Waals surface area (Å²) in [6.07, 6.45) is 6.00. The van der Waals surface area contributed by atoms with E-state index in [-0.39, 0.29) is 37.4 Å². The van der Waals surface area contributed by atoms with Crippen molar-refractivity contribution in [3.05, 3.63) is 100 Å². The van der Waals surface area contributed by atoms with Crippen molar-refractivity contribution in [3.63, 3.8) is 0 Å². The first-order valence-corrected chi connectivity index (χ1v) is 17.2.